The molecule has 1 saturated heterocycles. The van der Waals surface area contributed by atoms with Crippen LogP contribution in [0.1, 0.15) is 32.1 Å². The third-order valence-corrected chi connectivity index (χ3v) is 2.69. The number of amides is 2. The van der Waals surface area contributed by atoms with Crippen LogP contribution in [0.15, 0.2) is 0 Å². The maximum absolute atomic E-state index is 11.7. The molecule has 4 nitrogen and oxygen atoms in total. The molecule has 0 saturated carbocycles. The second-order valence-electron chi connectivity index (χ2n) is 3.98. The Kier molecular flexibility index (Phi) is 6.16. The summed E-state index contributed by atoms with van der Waals surface area (Å²) in [5.41, 5.74) is 0. The van der Waals surface area contributed by atoms with Gasteiger partial charge in [0.05, 0.1) is 0 Å². The Morgan fingerprint density at radius 3 is 2.53 bits per heavy atom. The Labute approximate surface area is 92.0 Å². The highest BCUT2D eigenvalue weighted by Crippen LogP contribution is 2.09. The first-order valence-electron chi connectivity index (χ1n) is 5.86. The predicted octanol–water partition coefficient (Wildman–Crippen LogP) is 1.61. The normalized spacial score (nSPS) is 17.3. The molecule has 88 valence electrons. The number of carbonyl (C=O) groups excluding carboxylic acids is 1. The number of nitrogens with zero attached hydrogens (tertiary/aromatic N) is 1. The maximum atomic E-state index is 11.7. The lowest BCUT2D eigenvalue weighted by Gasteiger charge is -2.20. The van der Waals surface area contributed by atoms with Crippen LogP contribution < -0.4 is 5.32 Å². The summed E-state index contributed by atoms with van der Waals surface area (Å²) in [6.45, 7) is 3.25. The van der Waals surface area contributed by atoms with Crippen molar-refractivity contribution >= 4 is 6.03 Å². The van der Waals surface area contributed by atoms with Crippen LogP contribution in [0.4, 0.5) is 4.79 Å². The standard InChI is InChI=1S/C11H22N2O2/c1-15-10-6-7-12-11(14)13-8-4-2-3-5-9-13/h2-10H2,1H3,(H,12,14). The molecule has 1 aliphatic rings. The molecule has 1 heterocycles. The fourth-order valence-electron chi connectivity index (χ4n) is 1.80. The molecule has 1 fully saturated rings. The van der Waals surface area contributed by atoms with E-state index in [2.05, 4.69) is 5.32 Å². The Hall–Kier alpha value is -0.770. The molecule has 4 heteroatoms. The molecule has 0 aromatic carbocycles. The molecule has 1 N–H and O–H groups in total. The van der Waals surface area contributed by atoms with Crippen molar-refractivity contribution in [1.29, 1.82) is 0 Å². The number of likely N-dealkylation sites (tertiary alicyclic amines) is 1. The highest BCUT2D eigenvalue weighted by Gasteiger charge is 2.14. The molecular weight excluding hydrogens is 192 g/mol. The van der Waals surface area contributed by atoms with Gasteiger partial charge in [0.2, 0.25) is 0 Å². The second kappa shape index (κ2) is 7.51. The van der Waals surface area contributed by atoms with Crippen molar-refractivity contribution in [3.63, 3.8) is 0 Å². The van der Waals surface area contributed by atoms with Gasteiger partial charge in [-0.2, -0.15) is 0 Å². The van der Waals surface area contributed by atoms with Crippen molar-refractivity contribution in [1.82, 2.24) is 10.2 Å². The molecule has 0 aromatic rings. The fourth-order valence-corrected chi connectivity index (χ4v) is 1.80. The molecule has 1 aliphatic heterocycles. The summed E-state index contributed by atoms with van der Waals surface area (Å²) in [6, 6.07) is 0.0907. The van der Waals surface area contributed by atoms with Crippen molar-refractivity contribution in [3.8, 4) is 0 Å². The van der Waals surface area contributed by atoms with E-state index in [9.17, 15) is 4.79 Å². The first kappa shape index (κ1) is 12.3. The SMILES string of the molecule is COCCCNC(=O)N1CCCCCC1. The van der Waals surface area contributed by atoms with E-state index in [4.69, 9.17) is 4.74 Å². The van der Waals surface area contributed by atoms with Gasteiger partial charge in [-0.25, -0.2) is 4.79 Å². The van der Waals surface area contributed by atoms with Crippen molar-refractivity contribution in [2.24, 2.45) is 0 Å². The van der Waals surface area contributed by atoms with Gasteiger partial charge in [0, 0.05) is 33.4 Å². The molecule has 0 atom stereocenters. The Balaban J connectivity index is 2.14. The van der Waals surface area contributed by atoms with Gasteiger partial charge >= 0.3 is 6.03 Å². The highest BCUT2D eigenvalue weighted by atomic mass is 16.5. The van der Waals surface area contributed by atoms with E-state index in [1.807, 2.05) is 4.90 Å². The minimum atomic E-state index is 0.0907. The van der Waals surface area contributed by atoms with Gasteiger partial charge in [0.1, 0.15) is 0 Å². The zero-order valence-corrected chi connectivity index (χ0v) is 9.63. The van der Waals surface area contributed by atoms with Crippen molar-refractivity contribution in [2.45, 2.75) is 32.1 Å². The summed E-state index contributed by atoms with van der Waals surface area (Å²) >= 11 is 0. The molecule has 2 amide bonds. The van der Waals surface area contributed by atoms with Crippen molar-refractivity contribution < 1.29 is 9.53 Å². The van der Waals surface area contributed by atoms with Gasteiger partial charge < -0.3 is 15.0 Å². The third kappa shape index (κ3) is 5.02. The Bertz CT molecular complexity index is 177. The summed E-state index contributed by atoms with van der Waals surface area (Å²) in [5, 5.41) is 2.92. The van der Waals surface area contributed by atoms with Gasteiger partial charge in [-0.15, -0.1) is 0 Å². The van der Waals surface area contributed by atoms with E-state index >= 15 is 0 Å². The summed E-state index contributed by atoms with van der Waals surface area (Å²) < 4.78 is 4.92. The number of hydrogen-bond donors (Lipinski definition) is 1. The Morgan fingerprint density at radius 1 is 1.27 bits per heavy atom. The smallest absolute Gasteiger partial charge is 0.317 e. The summed E-state index contributed by atoms with van der Waals surface area (Å²) in [4.78, 5) is 13.6. The number of ether oxygens (including phenoxy) is 1. The Morgan fingerprint density at radius 2 is 1.93 bits per heavy atom. The third-order valence-electron chi connectivity index (χ3n) is 2.69. The zero-order valence-electron chi connectivity index (χ0n) is 9.63. The lowest BCUT2D eigenvalue weighted by molar-refractivity contribution is 0.185. The van der Waals surface area contributed by atoms with Crippen LogP contribution in [0.2, 0.25) is 0 Å². The van der Waals surface area contributed by atoms with Gasteiger partial charge in [0.25, 0.3) is 0 Å². The zero-order chi connectivity index (χ0) is 10.9. The molecule has 0 radical (unpaired) electrons. The monoisotopic (exact) mass is 214 g/mol. The molecule has 0 spiro atoms. The van der Waals surface area contributed by atoms with Gasteiger partial charge in [0.15, 0.2) is 0 Å². The van der Waals surface area contributed by atoms with E-state index in [-0.39, 0.29) is 6.03 Å². The number of methoxy groups -OCH3 is 1. The second-order valence-corrected chi connectivity index (χ2v) is 3.98. The van der Waals surface area contributed by atoms with Crippen LogP contribution in [0.5, 0.6) is 0 Å². The summed E-state index contributed by atoms with van der Waals surface area (Å²) in [7, 11) is 1.68. The number of hydrogen-bond acceptors (Lipinski definition) is 2. The van der Waals surface area contributed by atoms with Crippen LogP contribution >= 0.6 is 0 Å². The number of carbonyl (C=O) groups is 1. The van der Waals surface area contributed by atoms with Crippen LogP contribution in [0.25, 0.3) is 0 Å². The topological polar surface area (TPSA) is 41.6 Å². The van der Waals surface area contributed by atoms with Crippen LogP contribution in [-0.4, -0.2) is 44.3 Å². The largest absolute Gasteiger partial charge is 0.385 e. The first-order valence-corrected chi connectivity index (χ1v) is 5.86. The lowest BCUT2D eigenvalue weighted by Crippen LogP contribution is -2.41. The van der Waals surface area contributed by atoms with Crippen molar-refractivity contribution in [3.05, 3.63) is 0 Å². The van der Waals surface area contributed by atoms with E-state index in [1.165, 1.54) is 12.8 Å². The van der Waals surface area contributed by atoms with E-state index < -0.39 is 0 Å². The predicted molar refractivity (Wildman–Crippen MR) is 59.9 cm³/mol. The molecule has 0 bridgehead atoms. The van der Waals surface area contributed by atoms with Gasteiger partial charge in [-0.1, -0.05) is 12.8 Å². The summed E-state index contributed by atoms with van der Waals surface area (Å²) in [6.07, 6.45) is 5.69. The molecule has 0 unspecified atom stereocenters. The first-order chi connectivity index (χ1) is 7.34. The number of nitrogens with one attached hydrogen (secondary N) is 1. The number of urea groups is 1. The highest BCUT2D eigenvalue weighted by molar-refractivity contribution is 5.74. The van der Waals surface area contributed by atoms with E-state index in [0.717, 1.165) is 32.4 Å². The molecular formula is C11H22N2O2. The number of rotatable bonds is 4. The van der Waals surface area contributed by atoms with Crippen LogP contribution in [-0.2, 0) is 4.74 Å². The minimum absolute atomic E-state index is 0.0907. The molecule has 0 aliphatic carbocycles. The van der Waals surface area contributed by atoms with Gasteiger partial charge in [-0.3, -0.25) is 0 Å². The maximum Gasteiger partial charge on any atom is 0.317 e. The average molecular weight is 214 g/mol. The minimum Gasteiger partial charge on any atom is -0.385 e. The lowest BCUT2D eigenvalue weighted by atomic mass is 10.2. The summed E-state index contributed by atoms with van der Waals surface area (Å²) in [5.74, 6) is 0. The molecule has 1 rings (SSSR count). The van der Waals surface area contributed by atoms with Crippen LogP contribution in [0, 0.1) is 0 Å². The van der Waals surface area contributed by atoms with Gasteiger partial charge in [-0.05, 0) is 19.3 Å². The average Bonchev–Trinajstić information content (AvgIpc) is 2.52. The molecule has 0 aromatic heterocycles. The van der Waals surface area contributed by atoms with Crippen LogP contribution in [0.3, 0.4) is 0 Å². The fraction of sp³-hybridized carbons (Fsp3) is 0.909. The quantitative estimate of drug-likeness (QED) is 0.722. The van der Waals surface area contributed by atoms with Crippen molar-refractivity contribution in [2.75, 3.05) is 33.4 Å². The van der Waals surface area contributed by atoms with E-state index in [1.54, 1.807) is 7.11 Å². The molecule has 15 heavy (non-hydrogen) atoms. The van der Waals surface area contributed by atoms with E-state index in [0.29, 0.717) is 13.2 Å².